The van der Waals surface area contributed by atoms with Crippen molar-refractivity contribution < 1.29 is 37.3 Å². The van der Waals surface area contributed by atoms with Crippen molar-refractivity contribution in [3.63, 3.8) is 0 Å². The first-order valence-electron chi connectivity index (χ1n) is 33.9. The predicted octanol–water partition coefficient (Wildman–Crippen LogP) is 20.6. The molecule has 10 heteroatoms. The molecule has 0 aromatic carbocycles. The second-order valence-corrected chi connectivity index (χ2v) is 25.7. The number of rotatable bonds is 62. The van der Waals surface area contributed by atoms with Gasteiger partial charge < -0.3 is 28.5 Å². The highest BCUT2D eigenvalue weighted by Crippen LogP contribution is 2.38. The molecular weight excluding hydrogens is 1000 g/mol. The van der Waals surface area contributed by atoms with Gasteiger partial charge in [-0.05, 0) is 70.3 Å². The summed E-state index contributed by atoms with van der Waals surface area (Å²) in [4.78, 5) is 40.0. The smallest absolute Gasteiger partial charge is 0.306 e. The van der Waals surface area contributed by atoms with Gasteiger partial charge in [-0.25, -0.2) is 0 Å². The number of nitrogens with zero attached hydrogens (tertiary/aromatic N) is 1. The topological polar surface area (TPSA) is 114 Å². The zero-order chi connectivity index (χ0) is 57.9. The predicted molar refractivity (Wildman–Crippen MR) is 339 cm³/mol. The van der Waals surface area contributed by atoms with Crippen molar-refractivity contribution in [3.8, 4) is 0 Å². The van der Waals surface area contributed by atoms with E-state index in [2.05, 4.69) is 62.5 Å². The van der Waals surface area contributed by atoms with Crippen LogP contribution in [-0.4, -0.2) is 69.4 Å². The van der Waals surface area contributed by atoms with Crippen LogP contribution in [0.4, 0.5) is 0 Å². The van der Waals surface area contributed by atoms with Crippen LogP contribution in [0.3, 0.4) is 0 Å². The Balaban J connectivity index is 4.98. The summed E-state index contributed by atoms with van der Waals surface area (Å²) in [6.45, 7) is 6.85. The van der Waals surface area contributed by atoms with Gasteiger partial charge in [-0.15, -0.1) is 0 Å². The number of allylic oxidation sites excluding steroid dienone is 7. The molecule has 0 rings (SSSR count). The second kappa shape index (κ2) is 59.1. The molecular formula is C69H131N2O7P. The van der Waals surface area contributed by atoms with Gasteiger partial charge in [0.25, 0.3) is 7.82 Å². The molecule has 9 nitrogen and oxygen atoms in total. The van der Waals surface area contributed by atoms with Gasteiger partial charge in [0, 0.05) is 12.8 Å². The SMILES string of the molecule is CCCCC/C=C\C/C=C\C/C=C\CCCCCCCCCCCCCCCCC(=O)OC(/C=C\CCCCCCCCCCC)C(COP(=O)([O-])OCC[N+](C)(C)C)NC(=O)CCCCCCCCCCCCCCCCC. The van der Waals surface area contributed by atoms with Gasteiger partial charge in [-0.3, -0.25) is 14.2 Å². The van der Waals surface area contributed by atoms with Crippen LogP contribution in [0.25, 0.3) is 0 Å². The van der Waals surface area contributed by atoms with Crippen molar-refractivity contribution in [2.75, 3.05) is 40.9 Å². The Labute approximate surface area is 490 Å². The van der Waals surface area contributed by atoms with E-state index in [-0.39, 0.29) is 31.5 Å². The molecule has 0 aliphatic heterocycles. The average Bonchev–Trinajstić information content (AvgIpc) is 3.41. The summed E-state index contributed by atoms with van der Waals surface area (Å²) in [5, 5.41) is 3.04. The first kappa shape index (κ1) is 77.0. The molecule has 1 N–H and O–H groups in total. The Morgan fingerprint density at radius 1 is 0.443 bits per heavy atom. The molecule has 0 aliphatic carbocycles. The van der Waals surface area contributed by atoms with Crippen LogP contribution in [0.15, 0.2) is 48.6 Å². The van der Waals surface area contributed by atoms with Gasteiger partial charge in [-0.2, -0.15) is 0 Å². The molecule has 0 aliphatic rings. The fourth-order valence-electron chi connectivity index (χ4n) is 10.0. The molecule has 0 bridgehead atoms. The number of likely N-dealkylation sites (N-methyl/N-ethyl adjacent to an activating group) is 1. The van der Waals surface area contributed by atoms with E-state index < -0.39 is 20.0 Å². The largest absolute Gasteiger partial charge is 0.756 e. The number of quaternary nitrogens is 1. The van der Waals surface area contributed by atoms with Crippen LogP contribution < -0.4 is 10.2 Å². The molecule has 0 saturated carbocycles. The van der Waals surface area contributed by atoms with Gasteiger partial charge in [0.1, 0.15) is 19.3 Å². The minimum Gasteiger partial charge on any atom is -0.756 e. The quantitative estimate of drug-likeness (QED) is 0.0212. The van der Waals surface area contributed by atoms with Crippen molar-refractivity contribution in [3.05, 3.63) is 48.6 Å². The van der Waals surface area contributed by atoms with Crippen molar-refractivity contribution in [1.82, 2.24) is 5.32 Å². The lowest BCUT2D eigenvalue weighted by Gasteiger charge is -2.30. The van der Waals surface area contributed by atoms with Crippen molar-refractivity contribution in [2.45, 2.75) is 341 Å². The Morgan fingerprint density at radius 3 is 1.18 bits per heavy atom. The molecule has 0 radical (unpaired) electrons. The summed E-state index contributed by atoms with van der Waals surface area (Å²) >= 11 is 0. The summed E-state index contributed by atoms with van der Waals surface area (Å²) in [6.07, 6.45) is 73.7. The third kappa shape index (κ3) is 60.4. The molecule has 0 aromatic heterocycles. The van der Waals surface area contributed by atoms with Crippen LogP contribution in [0.5, 0.6) is 0 Å². The van der Waals surface area contributed by atoms with Crippen molar-refractivity contribution >= 4 is 19.7 Å². The van der Waals surface area contributed by atoms with Crippen LogP contribution in [0, 0.1) is 0 Å². The number of hydrogen-bond donors (Lipinski definition) is 1. The average molecular weight is 1130 g/mol. The summed E-state index contributed by atoms with van der Waals surface area (Å²) in [6, 6.07) is -0.885. The zero-order valence-corrected chi connectivity index (χ0v) is 54.0. The van der Waals surface area contributed by atoms with Crippen LogP contribution in [0.2, 0.25) is 0 Å². The highest BCUT2D eigenvalue weighted by Gasteiger charge is 2.27. The van der Waals surface area contributed by atoms with E-state index in [9.17, 15) is 19.0 Å². The molecule has 3 unspecified atom stereocenters. The monoisotopic (exact) mass is 1130 g/mol. The number of amides is 1. The van der Waals surface area contributed by atoms with E-state index in [1.165, 1.54) is 225 Å². The molecule has 3 atom stereocenters. The number of unbranched alkanes of at least 4 members (excludes halogenated alkanes) is 40. The first-order valence-corrected chi connectivity index (χ1v) is 35.4. The Morgan fingerprint density at radius 2 is 0.772 bits per heavy atom. The summed E-state index contributed by atoms with van der Waals surface area (Å²) < 4.78 is 30.4. The van der Waals surface area contributed by atoms with Crippen LogP contribution >= 0.6 is 7.82 Å². The minimum atomic E-state index is -4.70. The number of ether oxygens (including phenoxy) is 1. The zero-order valence-electron chi connectivity index (χ0n) is 53.1. The molecule has 0 heterocycles. The molecule has 464 valence electrons. The Bertz CT molecular complexity index is 1490. The molecule has 0 fully saturated rings. The number of esters is 1. The summed E-state index contributed by atoms with van der Waals surface area (Å²) in [7, 11) is 1.20. The molecule has 79 heavy (non-hydrogen) atoms. The summed E-state index contributed by atoms with van der Waals surface area (Å²) in [5.41, 5.74) is 0. The number of phosphoric acid groups is 1. The highest BCUT2D eigenvalue weighted by atomic mass is 31.2. The van der Waals surface area contributed by atoms with Gasteiger partial charge in [0.05, 0.1) is 33.8 Å². The third-order valence-electron chi connectivity index (χ3n) is 15.3. The minimum absolute atomic E-state index is 0.0202. The number of carbonyl (C=O) groups excluding carboxylic acids is 2. The molecule has 0 spiro atoms. The normalized spacial score (nSPS) is 13.9. The Kier molecular flexibility index (Phi) is 57.6. The first-order chi connectivity index (χ1) is 38.4. The maximum absolute atomic E-state index is 13.5. The second-order valence-electron chi connectivity index (χ2n) is 24.3. The van der Waals surface area contributed by atoms with Crippen molar-refractivity contribution in [1.29, 1.82) is 0 Å². The van der Waals surface area contributed by atoms with E-state index in [1.54, 1.807) is 0 Å². The fraction of sp³-hybridized carbons (Fsp3) is 0.855. The number of nitrogens with one attached hydrogen (secondary N) is 1. The van der Waals surface area contributed by atoms with E-state index in [0.717, 1.165) is 70.6 Å². The standard InChI is InChI=1S/C69H131N2O7P/c1-7-10-13-16-19-22-25-27-29-30-31-32-33-34-35-36-37-38-39-40-42-44-47-50-53-56-59-62-69(73)78-67(60-57-54-51-48-45-24-21-18-15-12-9-3)66(65-77-79(74,75)76-64-63-71(4,5)6)70-68(72)61-58-55-52-49-46-43-41-28-26-23-20-17-14-11-8-2/h19,22,27,29,31-32,57,60,66-67H,7-18,20-21,23-26,28,30,33-56,58-59,61-65H2,1-6H3,(H-,70,72,74,75)/b22-19-,29-27-,32-31-,60-57-. The van der Waals surface area contributed by atoms with Gasteiger partial charge in [0.2, 0.25) is 5.91 Å². The van der Waals surface area contributed by atoms with Crippen LogP contribution in [0.1, 0.15) is 329 Å². The summed E-state index contributed by atoms with van der Waals surface area (Å²) in [5.74, 6) is -0.527. The van der Waals surface area contributed by atoms with E-state index in [0.29, 0.717) is 17.4 Å². The third-order valence-corrected chi connectivity index (χ3v) is 16.2. The van der Waals surface area contributed by atoms with Gasteiger partial charge >= 0.3 is 5.97 Å². The van der Waals surface area contributed by atoms with E-state index >= 15 is 0 Å². The number of carbonyl (C=O) groups is 2. The maximum Gasteiger partial charge on any atom is 0.306 e. The lowest BCUT2D eigenvalue weighted by molar-refractivity contribution is -0.870. The van der Waals surface area contributed by atoms with E-state index in [1.807, 2.05) is 33.3 Å². The molecule has 0 aromatic rings. The lowest BCUT2D eigenvalue weighted by atomic mass is 10.0. The lowest BCUT2D eigenvalue weighted by Crippen LogP contribution is -2.47. The van der Waals surface area contributed by atoms with Gasteiger partial charge in [-0.1, -0.05) is 294 Å². The number of phosphoric ester groups is 1. The van der Waals surface area contributed by atoms with Gasteiger partial charge in [0.15, 0.2) is 0 Å². The van der Waals surface area contributed by atoms with Crippen LogP contribution in [-0.2, 0) is 27.9 Å². The number of hydrogen-bond acceptors (Lipinski definition) is 7. The fourth-order valence-corrected chi connectivity index (χ4v) is 10.7. The van der Waals surface area contributed by atoms with Crippen molar-refractivity contribution in [2.24, 2.45) is 0 Å². The molecule has 0 saturated heterocycles. The Hall–Kier alpha value is -2.03. The maximum atomic E-state index is 13.5. The highest BCUT2D eigenvalue weighted by molar-refractivity contribution is 7.45. The molecule has 1 amide bonds. The van der Waals surface area contributed by atoms with E-state index in [4.69, 9.17) is 13.8 Å².